The topological polar surface area (TPSA) is 167 Å². The van der Waals surface area contributed by atoms with Gasteiger partial charge in [-0.2, -0.15) is 0 Å². The fourth-order valence-electron chi connectivity index (χ4n) is 2.68. The molecule has 0 radical (unpaired) electrons. The quantitative estimate of drug-likeness (QED) is 0.284. The molecule has 0 fully saturated rings. The highest BCUT2D eigenvalue weighted by atomic mass is 35.5. The van der Waals surface area contributed by atoms with Crippen LogP contribution >= 0.6 is 19.4 Å². The number of pyridine rings is 1. The second-order valence-corrected chi connectivity index (χ2v) is 7.84. The van der Waals surface area contributed by atoms with Crippen LogP contribution < -0.4 is 5.32 Å². The summed E-state index contributed by atoms with van der Waals surface area (Å²) in [6.45, 7) is 3.83. The van der Waals surface area contributed by atoms with Gasteiger partial charge in [0.15, 0.2) is 11.6 Å². The molecule has 13 heteroatoms. The third-order valence-electron chi connectivity index (χ3n) is 4.19. The Morgan fingerprint density at radius 2 is 1.77 bits per heavy atom. The number of halogens is 1. The molecule has 0 spiro atoms. The number of phosphoric acid groups is 1. The number of aryl methyl sites for hydroxylation is 1. The molecule has 0 aliphatic rings. The summed E-state index contributed by atoms with van der Waals surface area (Å²) in [5.74, 6) is 1.07. The predicted molar refractivity (Wildman–Crippen MR) is 115 cm³/mol. The molecule has 11 nitrogen and oxygen atoms in total. The average Bonchev–Trinajstić information content (AvgIpc) is 2.99. The Bertz CT molecular complexity index is 1280. The van der Waals surface area contributed by atoms with E-state index >= 15 is 0 Å². The zero-order valence-electron chi connectivity index (χ0n) is 16.3. The molecule has 0 aliphatic heterocycles. The molecule has 5 N–H and O–H groups in total. The lowest BCUT2D eigenvalue weighted by Gasteiger charge is -2.11. The summed E-state index contributed by atoms with van der Waals surface area (Å²) >= 11 is 6.01. The van der Waals surface area contributed by atoms with Gasteiger partial charge in [0.1, 0.15) is 18.5 Å². The van der Waals surface area contributed by atoms with Crippen LogP contribution in [0.5, 0.6) is 5.75 Å². The van der Waals surface area contributed by atoms with Crippen molar-refractivity contribution in [2.45, 2.75) is 13.8 Å². The number of nitrogens with one attached hydrogen (secondary N) is 1. The first-order valence-corrected chi connectivity index (χ1v) is 10.6. The van der Waals surface area contributed by atoms with E-state index in [1.165, 1.54) is 6.33 Å². The van der Waals surface area contributed by atoms with Crippen LogP contribution in [0.3, 0.4) is 0 Å². The summed E-state index contributed by atoms with van der Waals surface area (Å²) in [4.78, 5) is 38.6. The van der Waals surface area contributed by atoms with Crippen LogP contribution in [0, 0.1) is 13.8 Å². The van der Waals surface area contributed by atoms with Gasteiger partial charge in [-0.05, 0) is 32.0 Å². The van der Waals surface area contributed by atoms with Crippen molar-refractivity contribution in [3.05, 3.63) is 59.5 Å². The Labute approximate surface area is 181 Å². The van der Waals surface area contributed by atoms with Gasteiger partial charge in [0, 0.05) is 22.2 Å². The second-order valence-electron chi connectivity index (χ2n) is 6.37. The Balaban J connectivity index is 0.000000491. The van der Waals surface area contributed by atoms with Crippen molar-refractivity contribution in [1.29, 1.82) is 0 Å². The van der Waals surface area contributed by atoms with Crippen molar-refractivity contribution >= 4 is 41.8 Å². The fraction of sp³-hybridized carbons (Fsp3) is 0.111. The van der Waals surface area contributed by atoms with E-state index in [1.54, 1.807) is 35.3 Å². The molecule has 0 saturated carbocycles. The van der Waals surface area contributed by atoms with Crippen LogP contribution in [-0.4, -0.2) is 44.3 Å². The minimum Gasteiger partial charge on any atom is -0.504 e. The molecule has 3 aromatic heterocycles. The van der Waals surface area contributed by atoms with Gasteiger partial charge in [0.25, 0.3) is 0 Å². The van der Waals surface area contributed by atoms with E-state index in [1.807, 2.05) is 19.9 Å². The van der Waals surface area contributed by atoms with Crippen molar-refractivity contribution in [2.75, 3.05) is 5.32 Å². The van der Waals surface area contributed by atoms with Crippen molar-refractivity contribution in [3.63, 3.8) is 0 Å². The monoisotopic (exact) mass is 464 g/mol. The normalized spacial score (nSPS) is 11.2. The molecule has 162 valence electrons. The fourth-order valence-corrected chi connectivity index (χ4v) is 2.84. The van der Waals surface area contributed by atoms with Gasteiger partial charge >= 0.3 is 7.82 Å². The molecule has 0 unspecified atom stereocenters. The number of imidazole rings is 1. The largest absolute Gasteiger partial charge is 0.504 e. The van der Waals surface area contributed by atoms with Crippen molar-refractivity contribution < 1.29 is 24.4 Å². The number of aromatic nitrogens is 5. The first-order valence-electron chi connectivity index (χ1n) is 8.68. The number of fused-ring (bicyclic) bond motifs is 1. The standard InChI is InChI=1S/C18H15ClN6O.H3O4P/c1-10-11(2)25(9-23-10)18-16(26)6-13(7-20-18)24-17-14-4-3-12(19)5-15(14)21-8-22-17;1-5(2,3)4/h3-9,26H,1-2H3,(H,21,22,24);(H3,1,2,3,4). The molecule has 0 atom stereocenters. The summed E-state index contributed by atoms with van der Waals surface area (Å²) in [6.07, 6.45) is 4.73. The Morgan fingerprint density at radius 1 is 1.06 bits per heavy atom. The molecular weight excluding hydrogens is 447 g/mol. The van der Waals surface area contributed by atoms with E-state index in [0.29, 0.717) is 22.3 Å². The van der Waals surface area contributed by atoms with Crippen molar-refractivity contribution in [2.24, 2.45) is 0 Å². The third-order valence-corrected chi connectivity index (χ3v) is 4.42. The summed E-state index contributed by atoms with van der Waals surface area (Å²) < 4.78 is 10.6. The molecule has 4 aromatic rings. The van der Waals surface area contributed by atoms with Crippen LogP contribution in [-0.2, 0) is 4.57 Å². The van der Waals surface area contributed by atoms with Gasteiger partial charge < -0.3 is 25.1 Å². The van der Waals surface area contributed by atoms with Gasteiger partial charge in [-0.25, -0.2) is 24.5 Å². The zero-order valence-corrected chi connectivity index (χ0v) is 18.0. The highest BCUT2D eigenvalue weighted by Crippen LogP contribution is 2.29. The summed E-state index contributed by atoms with van der Waals surface area (Å²) in [7, 11) is -4.64. The van der Waals surface area contributed by atoms with E-state index < -0.39 is 7.82 Å². The van der Waals surface area contributed by atoms with Crippen molar-refractivity contribution in [1.82, 2.24) is 24.5 Å². The molecule has 0 bridgehead atoms. The number of hydrogen-bond acceptors (Lipinski definition) is 7. The number of benzene rings is 1. The maximum atomic E-state index is 10.4. The lowest BCUT2D eigenvalue weighted by molar-refractivity contribution is 0.275. The van der Waals surface area contributed by atoms with Crippen LogP contribution in [0.25, 0.3) is 16.7 Å². The highest BCUT2D eigenvalue weighted by Gasteiger charge is 2.12. The molecule has 0 amide bonds. The summed E-state index contributed by atoms with van der Waals surface area (Å²) in [6, 6.07) is 6.99. The molecular formula is C18H18ClN6O5P. The van der Waals surface area contributed by atoms with E-state index in [2.05, 4.69) is 25.3 Å². The van der Waals surface area contributed by atoms with Gasteiger partial charge in [0.05, 0.1) is 23.1 Å². The number of nitrogens with zero attached hydrogens (tertiary/aromatic N) is 5. The molecule has 4 rings (SSSR count). The third kappa shape index (κ3) is 5.75. The summed E-state index contributed by atoms with van der Waals surface area (Å²) in [5, 5.41) is 15.0. The van der Waals surface area contributed by atoms with Crippen LogP contribution in [0.15, 0.2) is 43.1 Å². The van der Waals surface area contributed by atoms with Crippen LogP contribution in [0.2, 0.25) is 5.02 Å². The lowest BCUT2D eigenvalue weighted by atomic mass is 10.2. The first-order chi connectivity index (χ1) is 14.5. The van der Waals surface area contributed by atoms with Crippen molar-refractivity contribution in [3.8, 4) is 11.6 Å². The minimum absolute atomic E-state index is 0.0388. The molecule has 3 heterocycles. The molecule has 0 aliphatic carbocycles. The smallest absolute Gasteiger partial charge is 0.466 e. The van der Waals surface area contributed by atoms with Gasteiger partial charge in [-0.3, -0.25) is 4.57 Å². The number of rotatable bonds is 3. The van der Waals surface area contributed by atoms with Gasteiger partial charge in [0.2, 0.25) is 0 Å². The zero-order chi connectivity index (χ0) is 22.8. The number of aromatic hydroxyl groups is 1. The average molecular weight is 465 g/mol. The minimum atomic E-state index is -4.64. The van der Waals surface area contributed by atoms with E-state index in [-0.39, 0.29) is 5.75 Å². The second kappa shape index (κ2) is 8.96. The SMILES string of the molecule is Cc1ncn(-c2ncc(Nc3ncnc4cc(Cl)ccc34)cc2O)c1C.O=P(O)(O)O. The van der Waals surface area contributed by atoms with Crippen LogP contribution in [0.1, 0.15) is 11.4 Å². The Kier molecular flexibility index (Phi) is 6.54. The van der Waals surface area contributed by atoms with E-state index in [9.17, 15) is 5.11 Å². The lowest BCUT2D eigenvalue weighted by Crippen LogP contribution is -2.01. The van der Waals surface area contributed by atoms with Gasteiger partial charge in [-0.15, -0.1) is 0 Å². The maximum Gasteiger partial charge on any atom is 0.466 e. The molecule has 1 aromatic carbocycles. The van der Waals surface area contributed by atoms with E-state index in [4.69, 9.17) is 30.8 Å². The van der Waals surface area contributed by atoms with Gasteiger partial charge in [-0.1, -0.05) is 11.6 Å². The number of hydrogen-bond donors (Lipinski definition) is 5. The number of anilines is 2. The molecule has 31 heavy (non-hydrogen) atoms. The summed E-state index contributed by atoms with van der Waals surface area (Å²) in [5.41, 5.74) is 3.15. The predicted octanol–water partition coefficient (Wildman–Crippen LogP) is 3.00. The first kappa shape index (κ1) is 22.6. The van der Waals surface area contributed by atoms with E-state index in [0.717, 1.165) is 22.3 Å². The highest BCUT2D eigenvalue weighted by molar-refractivity contribution is 7.45. The Morgan fingerprint density at radius 3 is 2.39 bits per heavy atom. The van der Waals surface area contributed by atoms with Crippen LogP contribution in [0.4, 0.5) is 11.5 Å². The maximum absolute atomic E-state index is 10.4. The molecule has 0 saturated heterocycles. The Hall–Kier alpha value is -3.08.